The molecule has 1 heterocycles. The average molecular weight is 213 g/mol. The number of rotatable bonds is 4. The van der Waals surface area contributed by atoms with Crippen molar-refractivity contribution in [3.05, 3.63) is 21.9 Å². The van der Waals surface area contributed by atoms with Crippen LogP contribution in [0.3, 0.4) is 0 Å². The Morgan fingerprint density at radius 1 is 1.50 bits per heavy atom. The summed E-state index contributed by atoms with van der Waals surface area (Å²) < 4.78 is 5.51. The highest BCUT2D eigenvalue weighted by Gasteiger charge is 2.30. The first-order chi connectivity index (χ1) is 6.53. The molecular formula is C11H19NOS. The van der Waals surface area contributed by atoms with Crippen LogP contribution >= 0.6 is 11.3 Å². The van der Waals surface area contributed by atoms with Gasteiger partial charge in [-0.1, -0.05) is 0 Å². The van der Waals surface area contributed by atoms with Gasteiger partial charge in [0.25, 0.3) is 0 Å². The van der Waals surface area contributed by atoms with E-state index < -0.39 is 0 Å². The van der Waals surface area contributed by atoms with Crippen LogP contribution in [0.25, 0.3) is 0 Å². The summed E-state index contributed by atoms with van der Waals surface area (Å²) in [5, 5.41) is 5.44. The molecule has 0 fully saturated rings. The van der Waals surface area contributed by atoms with Crippen molar-refractivity contribution in [3.8, 4) is 0 Å². The first-order valence-corrected chi connectivity index (χ1v) is 5.67. The number of nitrogens with one attached hydrogen (secondary N) is 1. The highest BCUT2D eigenvalue weighted by molar-refractivity contribution is 7.10. The monoisotopic (exact) mass is 213 g/mol. The largest absolute Gasteiger partial charge is 0.377 e. The van der Waals surface area contributed by atoms with E-state index in [1.807, 2.05) is 7.05 Å². The van der Waals surface area contributed by atoms with Gasteiger partial charge in [-0.25, -0.2) is 0 Å². The molecular weight excluding hydrogens is 194 g/mol. The van der Waals surface area contributed by atoms with Crippen LogP contribution in [0.2, 0.25) is 0 Å². The predicted molar refractivity (Wildman–Crippen MR) is 61.9 cm³/mol. The van der Waals surface area contributed by atoms with Crippen molar-refractivity contribution in [1.82, 2.24) is 5.32 Å². The Morgan fingerprint density at radius 3 is 2.50 bits per heavy atom. The SMILES string of the molecule is CNC(c1ccsc1C)C(C)(C)OC. The lowest BCUT2D eigenvalue weighted by atomic mass is 9.92. The predicted octanol–water partition coefficient (Wildman–Crippen LogP) is 2.74. The molecule has 0 aliphatic carbocycles. The van der Waals surface area contributed by atoms with Crippen molar-refractivity contribution in [2.45, 2.75) is 32.4 Å². The molecule has 1 aromatic rings. The van der Waals surface area contributed by atoms with E-state index in [0.717, 1.165) is 0 Å². The lowest BCUT2D eigenvalue weighted by Crippen LogP contribution is -2.39. The Kier molecular flexibility index (Phi) is 3.70. The number of methoxy groups -OCH3 is 1. The van der Waals surface area contributed by atoms with E-state index in [-0.39, 0.29) is 11.6 Å². The highest BCUT2D eigenvalue weighted by Crippen LogP contribution is 2.32. The quantitative estimate of drug-likeness (QED) is 0.830. The summed E-state index contributed by atoms with van der Waals surface area (Å²) >= 11 is 1.78. The Labute approximate surface area is 90.3 Å². The Hall–Kier alpha value is -0.380. The Morgan fingerprint density at radius 2 is 2.14 bits per heavy atom. The number of aryl methyl sites for hydroxylation is 1. The van der Waals surface area contributed by atoms with Crippen molar-refractivity contribution in [2.75, 3.05) is 14.2 Å². The van der Waals surface area contributed by atoms with Crippen LogP contribution in [0.1, 0.15) is 30.3 Å². The van der Waals surface area contributed by atoms with E-state index in [4.69, 9.17) is 4.74 Å². The summed E-state index contributed by atoms with van der Waals surface area (Å²) in [5.41, 5.74) is 1.16. The van der Waals surface area contributed by atoms with Crippen LogP contribution in [-0.2, 0) is 4.74 Å². The van der Waals surface area contributed by atoms with E-state index in [1.165, 1.54) is 10.4 Å². The second kappa shape index (κ2) is 4.43. The third kappa shape index (κ3) is 2.16. The molecule has 0 radical (unpaired) electrons. The van der Waals surface area contributed by atoms with Crippen molar-refractivity contribution in [1.29, 1.82) is 0 Å². The minimum absolute atomic E-state index is 0.180. The average Bonchev–Trinajstić information content (AvgIpc) is 2.53. The lowest BCUT2D eigenvalue weighted by Gasteiger charge is -2.33. The molecule has 0 bridgehead atoms. The number of likely N-dealkylation sites (N-methyl/N-ethyl adjacent to an activating group) is 1. The van der Waals surface area contributed by atoms with E-state index in [2.05, 4.69) is 37.5 Å². The molecule has 0 amide bonds. The zero-order valence-corrected chi connectivity index (χ0v) is 10.4. The molecule has 1 rings (SSSR count). The third-order valence-corrected chi connectivity index (χ3v) is 3.58. The maximum Gasteiger partial charge on any atom is 0.0816 e. The van der Waals surface area contributed by atoms with Crippen molar-refractivity contribution in [3.63, 3.8) is 0 Å². The van der Waals surface area contributed by atoms with Gasteiger partial charge in [-0.3, -0.25) is 0 Å². The number of hydrogen-bond acceptors (Lipinski definition) is 3. The van der Waals surface area contributed by atoms with Crippen molar-refractivity contribution < 1.29 is 4.74 Å². The van der Waals surface area contributed by atoms with Crippen LogP contribution in [0.15, 0.2) is 11.4 Å². The Bertz CT molecular complexity index is 293. The van der Waals surface area contributed by atoms with Gasteiger partial charge in [0.15, 0.2) is 0 Å². The molecule has 1 N–H and O–H groups in total. The van der Waals surface area contributed by atoms with Crippen molar-refractivity contribution >= 4 is 11.3 Å². The molecule has 0 saturated carbocycles. The molecule has 0 aromatic carbocycles. The second-order valence-corrected chi connectivity index (χ2v) is 5.08. The Balaban J connectivity index is 2.99. The number of ether oxygens (including phenoxy) is 1. The first kappa shape index (κ1) is 11.7. The van der Waals surface area contributed by atoms with Crippen LogP contribution in [0, 0.1) is 6.92 Å². The maximum atomic E-state index is 5.51. The second-order valence-electron chi connectivity index (χ2n) is 3.96. The van der Waals surface area contributed by atoms with E-state index in [0.29, 0.717) is 0 Å². The molecule has 14 heavy (non-hydrogen) atoms. The molecule has 0 saturated heterocycles. The molecule has 1 aromatic heterocycles. The van der Waals surface area contributed by atoms with Gasteiger partial charge in [0.05, 0.1) is 11.6 Å². The maximum absolute atomic E-state index is 5.51. The van der Waals surface area contributed by atoms with Gasteiger partial charge in [-0.05, 0) is 44.8 Å². The normalized spacial score (nSPS) is 14.4. The topological polar surface area (TPSA) is 21.3 Å². The summed E-state index contributed by atoms with van der Waals surface area (Å²) in [5.74, 6) is 0. The summed E-state index contributed by atoms with van der Waals surface area (Å²) in [6, 6.07) is 2.42. The van der Waals surface area contributed by atoms with Gasteiger partial charge in [0.2, 0.25) is 0 Å². The van der Waals surface area contributed by atoms with Crippen LogP contribution < -0.4 is 5.32 Å². The molecule has 1 atom stereocenters. The van der Waals surface area contributed by atoms with Gasteiger partial charge < -0.3 is 10.1 Å². The smallest absolute Gasteiger partial charge is 0.0816 e. The first-order valence-electron chi connectivity index (χ1n) is 4.79. The molecule has 0 aliphatic rings. The highest BCUT2D eigenvalue weighted by atomic mass is 32.1. The fraction of sp³-hybridized carbons (Fsp3) is 0.636. The summed E-state index contributed by atoms with van der Waals surface area (Å²) in [6.07, 6.45) is 0. The van der Waals surface area contributed by atoms with Crippen LogP contribution in [0.4, 0.5) is 0 Å². The van der Waals surface area contributed by atoms with Gasteiger partial charge in [0, 0.05) is 12.0 Å². The summed E-state index contributed by atoms with van der Waals surface area (Å²) in [7, 11) is 3.73. The number of thiophene rings is 1. The van der Waals surface area contributed by atoms with E-state index in [1.54, 1.807) is 18.4 Å². The molecule has 0 spiro atoms. The molecule has 2 nitrogen and oxygen atoms in total. The zero-order valence-electron chi connectivity index (χ0n) is 9.55. The standard InChI is InChI=1S/C11H19NOS/c1-8-9(6-7-14-8)10(12-4)11(2,3)13-5/h6-7,10,12H,1-5H3. The van der Waals surface area contributed by atoms with Gasteiger partial charge in [-0.2, -0.15) is 0 Å². The molecule has 80 valence electrons. The van der Waals surface area contributed by atoms with Crippen LogP contribution in [-0.4, -0.2) is 19.8 Å². The summed E-state index contributed by atoms with van der Waals surface area (Å²) in [6.45, 7) is 6.35. The lowest BCUT2D eigenvalue weighted by molar-refractivity contribution is -0.00902. The number of hydrogen-bond donors (Lipinski definition) is 1. The van der Waals surface area contributed by atoms with Crippen LogP contribution in [0.5, 0.6) is 0 Å². The molecule has 1 unspecified atom stereocenters. The van der Waals surface area contributed by atoms with E-state index >= 15 is 0 Å². The molecule has 3 heteroatoms. The van der Waals surface area contributed by atoms with Gasteiger partial charge in [-0.15, -0.1) is 11.3 Å². The minimum Gasteiger partial charge on any atom is -0.377 e. The van der Waals surface area contributed by atoms with Gasteiger partial charge >= 0.3 is 0 Å². The van der Waals surface area contributed by atoms with Gasteiger partial charge in [0.1, 0.15) is 0 Å². The summed E-state index contributed by atoms with van der Waals surface area (Å²) in [4.78, 5) is 1.36. The van der Waals surface area contributed by atoms with Crippen molar-refractivity contribution in [2.24, 2.45) is 0 Å². The fourth-order valence-corrected chi connectivity index (χ4v) is 2.43. The minimum atomic E-state index is -0.180. The third-order valence-electron chi connectivity index (χ3n) is 2.72. The fourth-order valence-electron chi connectivity index (χ4n) is 1.69. The molecule has 0 aliphatic heterocycles. The zero-order chi connectivity index (χ0) is 10.8. The van der Waals surface area contributed by atoms with E-state index in [9.17, 15) is 0 Å².